The Morgan fingerprint density at radius 3 is 2.67 bits per heavy atom. The number of nitrogens with one attached hydrogen (secondary N) is 1. The monoisotopic (exact) mass is 327 g/mol. The van der Waals surface area contributed by atoms with Crippen LogP contribution in [-0.4, -0.2) is 25.9 Å². The number of aromatic nitrogens is 4. The van der Waals surface area contributed by atoms with Crippen molar-refractivity contribution in [2.45, 2.75) is 46.1 Å². The van der Waals surface area contributed by atoms with E-state index >= 15 is 0 Å². The number of rotatable bonds is 7. The second-order valence-electron chi connectivity index (χ2n) is 5.12. The Morgan fingerprint density at radius 2 is 2.14 bits per heavy atom. The average molecular weight is 328 g/mol. The van der Waals surface area contributed by atoms with Crippen molar-refractivity contribution in [3.63, 3.8) is 0 Å². The van der Waals surface area contributed by atoms with Crippen molar-refractivity contribution in [1.29, 1.82) is 0 Å². The molecule has 1 atom stereocenters. The molecule has 2 heterocycles. The molecule has 2 rings (SSSR count). The molecule has 0 aliphatic carbocycles. The molecule has 0 aromatic carbocycles. The predicted octanol–water partition coefficient (Wildman–Crippen LogP) is 3.08. The average Bonchev–Trinajstić information content (AvgIpc) is 3.00. The number of halogens is 1. The predicted molar refractivity (Wildman–Crippen MR) is 87.0 cm³/mol. The van der Waals surface area contributed by atoms with Crippen LogP contribution in [-0.2, 0) is 19.9 Å². The Labute approximate surface area is 134 Å². The van der Waals surface area contributed by atoms with Crippen molar-refractivity contribution >= 4 is 23.1 Å². The minimum absolute atomic E-state index is 0.183. The molecule has 21 heavy (non-hydrogen) atoms. The molecule has 0 spiro atoms. The van der Waals surface area contributed by atoms with E-state index in [4.69, 9.17) is 11.6 Å². The fourth-order valence-corrected chi connectivity index (χ4v) is 3.46. The van der Waals surface area contributed by atoms with Crippen LogP contribution in [0.2, 0.25) is 5.02 Å². The van der Waals surface area contributed by atoms with Crippen LogP contribution in [0, 0.1) is 6.92 Å². The molecule has 7 heteroatoms. The third kappa shape index (κ3) is 3.62. The summed E-state index contributed by atoms with van der Waals surface area (Å²) in [6.45, 7) is 7.19. The van der Waals surface area contributed by atoms with Crippen molar-refractivity contribution in [1.82, 2.24) is 24.7 Å². The van der Waals surface area contributed by atoms with Gasteiger partial charge in [-0.2, -0.15) is 5.10 Å². The molecule has 0 fully saturated rings. The zero-order chi connectivity index (χ0) is 15.4. The maximum atomic E-state index is 6.47. The maximum absolute atomic E-state index is 6.47. The van der Waals surface area contributed by atoms with E-state index in [1.807, 2.05) is 18.7 Å². The van der Waals surface area contributed by atoms with Crippen LogP contribution < -0.4 is 5.32 Å². The van der Waals surface area contributed by atoms with Crippen molar-refractivity contribution in [2.24, 2.45) is 7.05 Å². The molecule has 0 saturated heterocycles. The first-order chi connectivity index (χ1) is 10.1. The topological polar surface area (TPSA) is 55.6 Å². The second kappa shape index (κ2) is 7.33. The van der Waals surface area contributed by atoms with E-state index in [1.54, 1.807) is 0 Å². The van der Waals surface area contributed by atoms with Gasteiger partial charge in [0.1, 0.15) is 0 Å². The lowest BCUT2D eigenvalue weighted by molar-refractivity contribution is 0.516. The SMILES string of the molecule is CCCNC(Cc1c(Cl)c(CC)nn1C)c1snnc1C. The summed E-state index contributed by atoms with van der Waals surface area (Å²) in [7, 11) is 1.95. The zero-order valence-electron chi connectivity index (χ0n) is 13.0. The smallest absolute Gasteiger partial charge is 0.0850 e. The number of hydrogen-bond acceptors (Lipinski definition) is 5. The lowest BCUT2D eigenvalue weighted by Crippen LogP contribution is -2.25. The van der Waals surface area contributed by atoms with E-state index < -0.39 is 0 Å². The lowest BCUT2D eigenvalue weighted by Gasteiger charge is -2.17. The number of hydrogen-bond donors (Lipinski definition) is 1. The van der Waals surface area contributed by atoms with Gasteiger partial charge < -0.3 is 5.32 Å². The largest absolute Gasteiger partial charge is 0.309 e. The van der Waals surface area contributed by atoms with Crippen LogP contribution in [0.4, 0.5) is 0 Å². The fraction of sp³-hybridized carbons (Fsp3) is 0.643. The molecule has 2 aromatic rings. The molecule has 0 bridgehead atoms. The van der Waals surface area contributed by atoms with E-state index in [0.29, 0.717) is 0 Å². The summed E-state index contributed by atoms with van der Waals surface area (Å²) in [6.07, 6.45) is 2.73. The maximum Gasteiger partial charge on any atom is 0.0850 e. The number of nitrogens with zero attached hydrogens (tertiary/aromatic N) is 4. The highest BCUT2D eigenvalue weighted by Gasteiger charge is 2.22. The molecule has 0 saturated carbocycles. The van der Waals surface area contributed by atoms with Crippen molar-refractivity contribution in [3.8, 4) is 0 Å². The third-order valence-electron chi connectivity index (χ3n) is 3.54. The quantitative estimate of drug-likeness (QED) is 0.849. The Kier molecular flexibility index (Phi) is 5.72. The Hall–Kier alpha value is -0.980. The summed E-state index contributed by atoms with van der Waals surface area (Å²) in [5, 5.41) is 13.0. The summed E-state index contributed by atoms with van der Waals surface area (Å²) in [5.74, 6) is 0. The van der Waals surface area contributed by atoms with E-state index in [1.165, 1.54) is 16.4 Å². The number of aryl methyl sites for hydroxylation is 3. The highest BCUT2D eigenvalue weighted by Crippen LogP contribution is 2.28. The van der Waals surface area contributed by atoms with Crippen LogP contribution in [0.5, 0.6) is 0 Å². The first-order valence-corrected chi connectivity index (χ1v) is 8.46. The normalized spacial score (nSPS) is 12.8. The van der Waals surface area contributed by atoms with Crippen LogP contribution in [0.3, 0.4) is 0 Å². The summed E-state index contributed by atoms with van der Waals surface area (Å²) >= 11 is 7.93. The van der Waals surface area contributed by atoms with Crippen LogP contribution in [0.15, 0.2) is 0 Å². The van der Waals surface area contributed by atoms with E-state index in [9.17, 15) is 0 Å². The van der Waals surface area contributed by atoms with Crippen LogP contribution in [0.1, 0.15) is 48.3 Å². The molecule has 5 nitrogen and oxygen atoms in total. The van der Waals surface area contributed by atoms with Gasteiger partial charge in [-0.05, 0) is 37.8 Å². The molecular formula is C14H22ClN5S. The third-order valence-corrected chi connectivity index (χ3v) is 4.92. The zero-order valence-corrected chi connectivity index (χ0v) is 14.6. The molecule has 0 radical (unpaired) electrons. The minimum Gasteiger partial charge on any atom is -0.309 e. The van der Waals surface area contributed by atoms with Gasteiger partial charge in [0.25, 0.3) is 0 Å². The van der Waals surface area contributed by atoms with Crippen LogP contribution >= 0.6 is 23.1 Å². The first kappa shape index (κ1) is 16.4. The Balaban J connectivity index is 2.27. The first-order valence-electron chi connectivity index (χ1n) is 7.30. The van der Waals surface area contributed by atoms with Gasteiger partial charge in [0.05, 0.1) is 33.0 Å². The molecule has 116 valence electrons. The molecule has 0 aliphatic heterocycles. The Bertz CT molecular complexity index is 592. The van der Waals surface area contributed by atoms with Gasteiger partial charge in [-0.1, -0.05) is 29.9 Å². The summed E-state index contributed by atoms with van der Waals surface area (Å²) in [4.78, 5) is 1.18. The van der Waals surface area contributed by atoms with Crippen molar-refractivity contribution in [2.75, 3.05) is 6.54 Å². The van der Waals surface area contributed by atoms with Crippen molar-refractivity contribution < 1.29 is 0 Å². The summed E-state index contributed by atoms with van der Waals surface area (Å²) in [6, 6.07) is 0.183. The van der Waals surface area contributed by atoms with E-state index in [-0.39, 0.29) is 6.04 Å². The molecule has 2 aromatic heterocycles. The fourth-order valence-electron chi connectivity index (χ4n) is 2.37. The molecule has 1 N–H and O–H groups in total. The van der Waals surface area contributed by atoms with Gasteiger partial charge in [-0.25, -0.2) is 0 Å². The van der Waals surface area contributed by atoms with Crippen molar-refractivity contribution in [3.05, 3.63) is 27.0 Å². The summed E-state index contributed by atoms with van der Waals surface area (Å²) < 4.78 is 5.95. The second-order valence-corrected chi connectivity index (χ2v) is 6.28. The van der Waals surface area contributed by atoms with E-state index in [0.717, 1.165) is 47.9 Å². The lowest BCUT2D eigenvalue weighted by atomic mass is 10.1. The van der Waals surface area contributed by atoms with E-state index in [2.05, 4.69) is 33.8 Å². The molecule has 0 amide bonds. The van der Waals surface area contributed by atoms with Gasteiger partial charge in [0.15, 0.2) is 0 Å². The molecule has 1 unspecified atom stereocenters. The minimum atomic E-state index is 0.183. The standard InChI is InChI=1S/C14H22ClN5S/c1-5-7-16-11(14-9(3)17-19-21-14)8-12-13(15)10(6-2)18-20(12)4/h11,16H,5-8H2,1-4H3. The molecule has 0 aliphatic rings. The van der Waals surface area contributed by atoms with Gasteiger partial charge in [-0.3, -0.25) is 4.68 Å². The highest BCUT2D eigenvalue weighted by molar-refractivity contribution is 7.05. The van der Waals surface area contributed by atoms with Gasteiger partial charge in [0, 0.05) is 13.5 Å². The van der Waals surface area contributed by atoms with Crippen LogP contribution in [0.25, 0.3) is 0 Å². The van der Waals surface area contributed by atoms with Gasteiger partial charge in [-0.15, -0.1) is 5.10 Å². The molecular weight excluding hydrogens is 306 g/mol. The van der Waals surface area contributed by atoms with Gasteiger partial charge >= 0.3 is 0 Å². The Morgan fingerprint density at radius 1 is 1.38 bits per heavy atom. The highest BCUT2D eigenvalue weighted by atomic mass is 35.5. The summed E-state index contributed by atoms with van der Waals surface area (Å²) in [5.41, 5.74) is 3.01. The van der Waals surface area contributed by atoms with Gasteiger partial charge in [0.2, 0.25) is 0 Å².